The van der Waals surface area contributed by atoms with Crippen LogP contribution < -0.4 is 4.90 Å². The van der Waals surface area contributed by atoms with Crippen molar-refractivity contribution in [3.8, 4) is 0 Å². The molecule has 1 saturated heterocycles. The molecule has 2 heterocycles. The summed E-state index contributed by atoms with van der Waals surface area (Å²) in [6.45, 7) is 3.15. The maximum absolute atomic E-state index is 13.3. The van der Waals surface area contributed by atoms with Crippen LogP contribution in [0.5, 0.6) is 0 Å². The van der Waals surface area contributed by atoms with E-state index < -0.39 is 37.7 Å². The molecule has 1 fully saturated rings. The number of benzene rings is 2. The van der Waals surface area contributed by atoms with Gasteiger partial charge in [0.15, 0.2) is 0 Å². The number of carbonyl (C=O) groups is 2. The van der Waals surface area contributed by atoms with Gasteiger partial charge in [-0.1, -0.05) is 17.7 Å². The number of imide groups is 1. The minimum Gasteiger partial charge on any atom is -0.305 e. The van der Waals surface area contributed by atoms with E-state index in [4.69, 9.17) is 11.6 Å². The van der Waals surface area contributed by atoms with Crippen molar-refractivity contribution in [2.24, 2.45) is 0 Å². The average Bonchev–Trinajstić information content (AvgIpc) is 2.92. The molecular formula is C22H17ClF3N3O4S. The van der Waals surface area contributed by atoms with Gasteiger partial charge in [0.1, 0.15) is 5.54 Å². The number of alkyl halides is 3. The number of amides is 3. The third-order valence-electron chi connectivity index (χ3n) is 5.66. The van der Waals surface area contributed by atoms with Crippen LogP contribution >= 0.6 is 11.6 Å². The smallest absolute Gasteiger partial charge is 0.305 e. The van der Waals surface area contributed by atoms with Crippen molar-refractivity contribution in [3.05, 3.63) is 65.3 Å². The lowest BCUT2D eigenvalue weighted by molar-refractivity contribution is -0.123. The van der Waals surface area contributed by atoms with Gasteiger partial charge in [0.2, 0.25) is 0 Å². The topological polar surface area (TPSA) is 87.7 Å². The highest BCUT2D eigenvalue weighted by Crippen LogP contribution is 2.36. The van der Waals surface area contributed by atoms with E-state index in [-0.39, 0.29) is 12.2 Å². The number of pyridine rings is 1. The third kappa shape index (κ3) is 3.78. The van der Waals surface area contributed by atoms with Crippen LogP contribution in [0.4, 0.5) is 23.7 Å². The molecule has 7 nitrogen and oxygen atoms in total. The van der Waals surface area contributed by atoms with Gasteiger partial charge in [-0.25, -0.2) is 18.1 Å². The fourth-order valence-electron chi connectivity index (χ4n) is 3.73. The summed E-state index contributed by atoms with van der Waals surface area (Å²) in [7, 11) is -5.56. The molecule has 0 unspecified atom stereocenters. The monoisotopic (exact) mass is 511 g/mol. The van der Waals surface area contributed by atoms with Crippen LogP contribution in [0.25, 0.3) is 10.9 Å². The minimum absolute atomic E-state index is 0.0435. The van der Waals surface area contributed by atoms with Crippen molar-refractivity contribution >= 4 is 50.0 Å². The molecule has 0 aliphatic carbocycles. The Bertz CT molecular complexity index is 1420. The highest BCUT2D eigenvalue weighted by Gasteiger charge is 2.52. The number of sulfone groups is 1. The Morgan fingerprint density at radius 1 is 1.03 bits per heavy atom. The Labute approximate surface area is 197 Å². The molecule has 0 spiro atoms. The molecule has 12 heteroatoms. The van der Waals surface area contributed by atoms with Crippen LogP contribution in [0.3, 0.4) is 0 Å². The van der Waals surface area contributed by atoms with E-state index in [1.54, 1.807) is 44.3 Å². The second kappa shape index (κ2) is 7.95. The summed E-state index contributed by atoms with van der Waals surface area (Å²) in [4.78, 5) is 31.8. The van der Waals surface area contributed by atoms with Gasteiger partial charge in [-0.2, -0.15) is 13.2 Å². The second-order valence-corrected chi connectivity index (χ2v) is 10.5. The summed E-state index contributed by atoms with van der Waals surface area (Å²) >= 11 is 6.02. The summed E-state index contributed by atoms with van der Waals surface area (Å²) in [5.41, 5.74) is -5.47. The normalized spacial score (nSPS) is 16.5. The number of anilines is 1. The zero-order valence-corrected chi connectivity index (χ0v) is 19.4. The standard InChI is InChI=1S/C22H17ClF3N3O4S/c1-21(2)19(30)29(15-4-6-16(7-5-15)34(32,33)22(24,25)26)20(31)28(21)12-13-9-10-27-18-11-14(23)3-8-17(13)18/h3-11H,12H2,1-2H3. The first-order valence-electron chi connectivity index (χ1n) is 9.86. The van der Waals surface area contributed by atoms with Gasteiger partial charge in [-0.05, 0) is 61.9 Å². The van der Waals surface area contributed by atoms with Crippen LogP contribution in [-0.2, 0) is 21.2 Å². The highest BCUT2D eigenvalue weighted by atomic mass is 35.5. The average molecular weight is 512 g/mol. The van der Waals surface area contributed by atoms with E-state index in [2.05, 4.69) is 4.98 Å². The van der Waals surface area contributed by atoms with Crippen LogP contribution in [0, 0.1) is 0 Å². The molecule has 1 aliphatic rings. The van der Waals surface area contributed by atoms with Crippen LogP contribution in [0.2, 0.25) is 5.02 Å². The number of rotatable bonds is 4. The van der Waals surface area contributed by atoms with Gasteiger partial charge in [-0.3, -0.25) is 9.78 Å². The van der Waals surface area contributed by atoms with Gasteiger partial charge in [0.25, 0.3) is 15.7 Å². The Balaban J connectivity index is 1.68. The molecule has 0 radical (unpaired) electrons. The lowest BCUT2D eigenvalue weighted by Crippen LogP contribution is -2.43. The molecule has 178 valence electrons. The van der Waals surface area contributed by atoms with Crippen molar-refractivity contribution in [2.45, 2.75) is 36.3 Å². The lowest BCUT2D eigenvalue weighted by atomic mass is 10.0. The van der Waals surface area contributed by atoms with Crippen LogP contribution in [0.15, 0.2) is 59.6 Å². The fourth-order valence-corrected chi connectivity index (χ4v) is 4.65. The molecule has 1 aromatic heterocycles. The Morgan fingerprint density at radius 3 is 2.29 bits per heavy atom. The molecule has 0 atom stereocenters. The van der Waals surface area contributed by atoms with Crippen molar-refractivity contribution in [2.75, 3.05) is 4.90 Å². The number of aromatic nitrogens is 1. The van der Waals surface area contributed by atoms with Crippen molar-refractivity contribution < 1.29 is 31.2 Å². The van der Waals surface area contributed by atoms with Crippen molar-refractivity contribution in [1.82, 2.24) is 9.88 Å². The molecule has 4 rings (SSSR count). The molecule has 0 N–H and O–H groups in total. The number of nitrogens with zero attached hydrogens (tertiary/aromatic N) is 3. The predicted molar refractivity (Wildman–Crippen MR) is 119 cm³/mol. The zero-order valence-electron chi connectivity index (χ0n) is 17.8. The number of carbonyl (C=O) groups excluding carboxylic acids is 2. The first kappa shape index (κ1) is 24.0. The van der Waals surface area contributed by atoms with E-state index in [1.165, 1.54) is 4.90 Å². The second-order valence-electron chi connectivity index (χ2n) is 8.14. The molecular weight excluding hydrogens is 495 g/mol. The highest BCUT2D eigenvalue weighted by molar-refractivity contribution is 7.92. The molecule has 0 bridgehead atoms. The summed E-state index contributed by atoms with van der Waals surface area (Å²) in [6, 6.07) is 9.56. The maximum Gasteiger partial charge on any atom is 0.501 e. The van der Waals surface area contributed by atoms with E-state index >= 15 is 0 Å². The third-order valence-corrected chi connectivity index (χ3v) is 7.39. The van der Waals surface area contributed by atoms with Gasteiger partial charge < -0.3 is 4.90 Å². The molecule has 34 heavy (non-hydrogen) atoms. The maximum atomic E-state index is 13.3. The molecule has 1 aliphatic heterocycles. The van der Waals surface area contributed by atoms with Crippen LogP contribution in [-0.4, -0.2) is 41.3 Å². The molecule has 2 aromatic carbocycles. The van der Waals surface area contributed by atoms with E-state index in [0.717, 1.165) is 22.4 Å². The first-order valence-corrected chi connectivity index (χ1v) is 11.7. The predicted octanol–water partition coefficient (Wildman–Crippen LogP) is 4.93. The van der Waals surface area contributed by atoms with Crippen molar-refractivity contribution in [1.29, 1.82) is 0 Å². The number of halogens is 4. The number of fused-ring (bicyclic) bond motifs is 1. The van der Waals surface area contributed by atoms with Gasteiger partial charge in [-0.15, -0.1) is 0 Å². The number of hydrogen-bond donors (Lipinski definition) is 0. The Morgan fingerprint density at radius 2 is 1.68 bits per heavy atom. The zero-order chi connectivity index (χ0) is 25.1. The molecule has 3 aromatic rings. The SMILES string of the molecule is CC1(C)C(=O)N(c2ccc(S(=O)(=O)C(F)(F)F)cc2)C(=O)N1Cc1ccnc2cc(Cl)ccc12. The van der Waals surface area contributed by atoms with E-state index in [9.17, 15) is 31.2 Å². The van der Waals surface area contributed by atoms with E-state index in [0.29, 0.717) is 28.2 Å². The van der Waals surface area contributed by atoms with Crippen molar-refractivity contribution in [3.63, 3.8) is 0 Å². The van der Waals surface area contributed by atoms with Gasteiger partial charge in [0, 0.05) is 23.2 Å². The van der Waals surface area contributed by atoms with Gasteiger partial charge >= 0.3 is 11.5 Å². The van der Waals surface area contributed by atoms with E-state index in [1.807, 2.05) is 0 Å². The van der Waals surface area contributed by atoms with Gasteiger partial charge in [0.05, 0.1) is 16.1 Å². The summed E-state index contributed by atoms with van der Waals surface area (Å²) in [5, 5.41) is 1.23. The largest absolute Gasteiger partial charge is 0.501 e. The Hall–Kier alpha value is -3.18. The van der Waals surface area contributed by atoms with Crippen LogP contribution in [0.1, 0.15) is 19.4 Å². The molecule has 0 saturated carbocycles. The fraction of sp³-hybridized carbons (Fsp3) is 0.227. The summed E-state index contributed by atoms with van der Waals surface area (Å²) in [5.74, 6) is -0.606. The summed E-state index contributed by atoms with van der Waals surface area (Å²) in [6.07, 6.45) is 1.56. The first-order chi connectivity index (χ1) is 15.7. The quantitative estimate of drug-likeness (QED) is 0.463. The number of urea groups is 1. The Kier molecular flexibility index (Phi) is 5.60. The number of hydrogen-bond acceptors (Lipinski definition) is 5. The minimum atomic E-state index is -5.56. The molecule has 3 amide bonds. The lowest BCUT2D eigenvalue weighted by Gasteiger charge is -2.28. The summed E-state index contributed by atoms with van der Waals surface area (Å²) < 4.78 is 61.7.